The Bertz CT molecular complexity index is 840. The number of sulfonamides is 1. The lowest BCUT2D eigenvalue weighted by Gasteiger charge is -2.26. The number of rotatable bonds is 6. The molecule has 0 amide bonds. The maximum Gasteiger partial charge on any atom is 0.216 e. The number of hydrogen-bond donors (Lipinski definition) is 1. The molecule has 1 aromatic heterocycles. The van der Waals surface area contributed by atoms with Gasteiger partial charge >= 0.3 is 0 Å². The number of ether oxygens (including phenoxy) is 1. The molecule has 3 rings (SSSR count). The molecule has 6 nitrogen and oxygen atoms in total. The number of pyridine rings is 1. The molecule has 26 heavy (non-hydrogen) atoms. The summed E-state index contributed by atoms with van der Waals surface area (Å²) in [6.45, 7) is 1.86. The molecule has 140 valence electrons. The van der Waals surface area contributed by atoms with Crippen molar-refractivity contribution >= 4 is 10.0 Å². The maximum absolute atomic E-state index is 14.4. The summed E-state index contributed by atoms with van der Waals surface area (Å²) in [4.78, 5) is 3.99. The molecular weight excluding hydrogens is 357 g/mol. The minimum Gasteiger partial charge on any atom is -0.374 e. The number of nitrogens with one attached hydrogen (secondary N) is 1. The van der Waals surface area contributed by atoms with E-state index in [1.54, 1.807) is 36.7 Å². The molecule has 1 atom stereocenters. The Morgan fingerprint density at radius 3 is 2.88 bits per heavy atom. The molecule has 1 N–H and O–H groups in total. The van der Waals surface area contributed by atoms with Crippen molar-refractivity contribution in [2.45, 2.75) is 12.6 Å². The first-order chi connectivity index (χ1) is 12.5. The summed E-state index contributed by atoms with van der Waals surface area (Å²) < 4.78 is 46.1. The van der Waals surface area contributed by atoms with E-state index in [4.69, 9.17) is 4.74 Å². The van der Waals surface area contributed by atoms with Gasteiger partial charge < -0.3 is 10.1 Å². The van der Waals surface area contributed by atoms with Gasteiger partial charge in [0, 0.05) is 50.2 Å². The van der Waals surface area contributed by atoms with Crippen LogP contribution in [0.15, 0.2) is 42.7 Å². The van der Waals surface area contributed by atoms with Crippen LogP contribution in [0.5, 0.6) is 0 Å². The predicted octanol–water partition coefficient (Wildman–Crippen LogP) is 1.64. The molecule has 1 unspecified atom stereocenters. The summed E-state index contributed by atoms with van der Waals surface area (Å²) in [7, 11) is -2.00. The Kier molecular flexibility index (Phi) is 5.98. The average molecular weight is 379 g/mol. The number of morpholine rings is 1. The second-order valence-corrected chi connectivity index (χ2v) is 8.41. The highest BCUT2D eigenvalue weighted by atomic mass is 32.2. The number of nitrogens with zero attached hydrogens (tertiary/aromatic N) is 2. The van der Waals surface area contributed by atoms with Gasteiger partial charge in [-0.3, -0.25) is 4.98 Å². The summed E-state index contributed by atoms with van der Waals surface area (Å²) in [5.74, 6) is -0.492. The summed E-state index contributed by atoms with van der Waals surface area (Å²) in [5.41, 5.74) is 1.71. The molecule has 2 aromatic rings. The second kappa shape index (κ2) is 8.22. The number of aromatic nitrogens is 1. The number of benzene rings is 1. The molecular formula is C18H22FN3O3S. The van der Waals surface area contributed by atoms with E-state index in [0.717, 1.165) is 6.54 Å². The fourth-order valence-electron chi connectivity index (χ4n) is 2.86. The van der Waals surface area contributed by atoms with E-state index in [0.29, 0.717) is 29.8 Å². The fraction of sp³-hybridized carbons (Fsp3) is 0.389. The van der Waals surface area contributed by atoms with Crippen LogP contribution in [0.2, 0.25) is 0 Å². The van der Waals surface area contributed by atoms with Gasteiger partial charge in [-0.2, -0.15) is 0 Å². The third kappa shape index (κ3) is 4.64. The summed E-state index contributed by atoms with van der Waals surface area (Å²) in [6, 6.07) is 8.27. The number of hydrogen-bond acceptors (Lipinski definition) is 5. The van der Waals surface area contributed by atoms with E-state index in [2.05, 4.69) is 10.3 Å². The maximum atomic E-state index is 14.4. The van der Waals surface area contributed by atoms with Crippen molar-refractivity contribution in [3.8, 4) is 11.1 Å². The van der Waals surface area contributed by atoms with Crippen molar-refractivity contribution < 1.29 is 17.5 Å². The van der Waals surface area contributed by atoms with Crippen molar-refractivity contribution in [1.29, 1.82) is 0 Å². The van der Waals surface area contributed by atoms with Gasteiger partial charge in [0.15, 0.2) is 0 Å². The van der Waals surface area contributed by atoms with E-state index in [1.807, 2.05) is 0 Å². The normalized spacial score (nSPS) is 18.2. The van der Waals surface area contributed by atoms with E-state index in [9.17, 15) is 12.8 Å². The molecule has 0 radical (unpaired) electrons. The number of halogens is 1. The van der Waals surface area contributed by atoms with Crippen LogP contribution in [-0.4, -0.2) is 56.3 Å². The summed E-state index contributed by atoms with van der Waals surface area (Å²) in [5, 5.41) is 3.11. The monoisotopic (exact) mass is 379 g/mol. The summed E-state index contributed by atoms with van der Waals surface area (Å²) in [6.07, 6.45) is 2.86. The van der Waals surface area contributed by atoms with Crippen molar-refractivity contribution in [3.63, 3.8) is 0 Å². The molecule has 0 saturated carbocycles. The van der Waals surface area contributed by atoms with E-state index >= 15 is 0 Å². The average Bonchev–Trinajstić information content (AvgIpc) is 2.63. The summed E-state index contributed by atoms with van der Waals surface area (Å²) >= 11 is 0. The minimum absolute atomic E-state index is 0.0905. The van der Waals surface area contributed by atoms with Gasteiger partial charge in [-0.15, -0.1) is 0 Å². The molecule has 0 aliphatic carbocycles. The zero-order valence-electron chi connectivity index (χ0n) is 14.6. The Labute approximate surface area is 153 Å². The van der Waals surface area contributed by atoms with Crippen LogP contribution < -0.4 is 5.32 Å². The molecule has 8 heteroatoms. The van der Waals surface area contributed by atoms with Gasteiger partial charge in [0.1, 0.15) is 5.82 Å². The van der Waals surface area contributed by atoms with Gasteiger partial charge in [-0.1, -0.05) is 18.2 Å². The van der Waals surface area contributed by atoms with Crippen LogP contribution in [0.1, 0.15) is 5.56 Å². The van der Waals surface area contributed by atoms with Gasteiger partial charge in [-0.05, 0) is 17.7 Å². The molecule has 1 aromatic carbocycles. The Hall–Kier alpha value is -1.87. The van der Waals surface area contributed by atoms with Crippen molar-refractivity contribution in [2.75, 3.05) is 32.5 Å². The molecule has 0 spiro atoms. The predicted molar refractivity (Wildman–Crippen MR) is 97.5 cm³/mol. The smallest absolute Gasteiger partial charge is 0.216 e. The zero-order chi connectivity index (χ0) is 18.6. The molecule has 1 aliphatic rings. The van der Waals surface area contributed by atoms with E-state index in [1.165, 1.54) is 17.4 Å². The third-order valence-electron chi connectivity index (χ3n) is 4.29. The van der Waals surface area contributed by atoms with E-state index < -0.39 is 15.8 Å². The Balaban J connectivity index is 1.69. The zero-order valence-corrected chi connectivity index (χ0v) is 15.4. The first-order valence-corrected chi connectivity index (χ1v) is 10.0. The van der Waals surface area contributed by atoms with Crippen LogP contribution in [0.4, 0.5) is 4.39 Å². The van der Waals surface area contributed by atoms with Crippen LogP contribution in [0, 0.1) is 5.82 Å². The minimum atomic E-state index is -3.50. The highest BCUT2D eigenvalue weighted by Gasteiger charge is 2.25. The Morgan fingerprint density at radius 1 is 1.38 bits per heavy atom. The lowest BCUT2D eigenvalue weighted by atomic mass is 10.0. The Morgan fingerprint density at radius 2 is 2.23 bits per heavy atom. The SMILES string of the molecule is CN(Cc1ccc(-c2cccnc2)c(F)c1)S(=O)(=O)CC1CNCCO1. The van der Waals surface area contributed by atoms with Crippen molar-refractivity contribution in [3.05, 3.63) is 54.1 Å². The van der Waals surface area contributed by atoms with Crippen LogP contribution >= 0.6 is 0 Å². The highest BCUT2D eigenvalue weighted by molar-refractivity contribution is 7.89. The standard InChI is InChI=1S/C18H22FN3O3S/c1-22(26(23,24)13-16-11-21-7-8-25-16)12-14-4-5-17(18(19)9-14)15-3-2-6-20-10-15/h2-6,9-10,16,21H,7-8,11-13H2,1H3. The molecule has 1 saturated heterocycles. The second-order valence-electron chi connectivity index (χ2n) is 6.29. The van der Waals surface area contributed by atoms with Crippen molar-refractivity contribution in [1.82, 2.24) is 14.6 Å². The lowest BCUT2D eigenvalue weighted by molar-refractivity contribution is 0.0424. The van der Waals surface area contributed by atoms with Crippen LogP contribution in [-0.2, 0) is 21.3 Å². The molecule has 1 aliphatic heterocycles. The van der Waals surface area contributed by atoms with Gasteiger partial charge in [0.25, 0.3) is 0 Å². The fourth-order valence-corrected chi connectivity index (χ4v) is 4.14. The van der Waals surface area contributed by atoms with Gasteiger partial charge in [0.05, 0.1) is 18.5 Å². The largest absolute Gasteiger partial charge is 0.374 e. The van der Waals surface area contributed by atoms with E-state index in [-0.39, 0.29) is 18.4 Å². The van der Waals surface area contributed by atoms with Gasteiger partial charge in [-0.25, -0.2) is 17.1 Å². The molecule has 2 heterocycles. The first kappa shape index (κ1) is 18.9. The van der Waals surface area contributed by atoms with Crippen LogP contribution in [0.3, 0.4) is 0 Å². The molecule has 1 fully saturated rings. The molecule has 0 bridgehead atoms. The van der Waals surface area contributed by atoms with Gasteiger partial charge in [0.2, 0.25) is 10.0 Å². The highest BCUT2D eigenvalue weighted by Crippen LogP contribution is 2.23. The first-order valence-electron chi connectivity index (χ1n) is 8.41. The van der Waals surface area contributed by atoms with Crippen molar-refractivity contribution in [2.24, 2.45) is 0 Å². The third-order valence-corrected chi connectivity index (χ3v) is 6.16. The quantitative estimate of drug-likeness (QED) is 0.826. The van der Waals surface area contributed by atoms with Crippen LogP contribution in [0.25, 0.3) is 11.1 Å². The topological polar surface area (TPSA) is 71.5 Å². The lowest BCUT2D eigenvalue weighted by Crippen LogP contribution is -2.44.